The molecule has 1 unspecified atom stereocenters. The lowest BCUT2D eigenvalue weighted by Crippen LogP contribution is -2.36. The predicted molar refractivity (Wildman–Crippen MR) is 80.3 cm³/mol. The van der Waals surface area contributed by atoms with Gasteiger partial charge in [-0.15, -0.1) is 0 Å². The van der Waals surface area contributed by atoms with Crippen LogP contribution in [0.5, 0.6) is 0 Å². The Morgan fingerprint density at radius 3 is 2.11 bits per heavy atom. The maximum absolute atomic E-state index is 9.23. The summed E-state index contributed by atoms with van der Waals surface area (Å²) >= 11 is 0. The Bertz CT molecular complexity index is 227. The molecule has 0 radical (unpaired) electrons. The third-order valence-electron chi connectivity index (χ3n) is 4.44. The molecule has 2 nitrogen and oxygen atoms in total. The van der Waals surface area contributed by atoms with Crippen LogP contribution in [-0.2, 0) is 4.43 Å². The number of hydrogen-bond acceptors (Lipinski definition) is 2. The zero-order valence-electron chi connectivity index (χ0n) is 12.9. The van der Waals surface area contributed by atoms with Crippen molar-refractivity contribution in [1.29, 1.82) is 0 Å². The number of rotatable bonds is 5. The van der Waals surface area contributed by atoms with Gasteiger partial charge in [-0.05, 0) is 61.9 Å². The van der Waals surface area contributed by atoms with Crippen molar-refractivity contribution >= 4 is 9.04 Å². The second-order valence-electron chi connectivity index (χ2n) is 7.32. The molecule has 1 saturated carbocycles. The normalized spacial score (nSPS) is 27.5. The van der Waals surface area contributed by atoms with Gasteiger partial charge in [0, 0.05) is 13.2 Å². The van der Waals surface area contributed by atoms with Gasteiger partial charge in [0.1, 0.15) is 0 Å². The molecule has 1 fully saturated rings. The summed E-state index contributed by atoms with van der Waals surface area (Å²) in [7, 11) is -0.911. The number of hydrogen-bond donors (Lipinski definition) is 1. The van der Waals surface area contributed by atoms with Crippen LogP contribution in [0.15, 0.2) is 0 Å². The van der Waals surface area contributed by atoms with Crippen molar-refractivity contribution in [3.05, 3.63) is 0 Å². The highest BCUT2D eigenvalue weighted by Crippen LogP contribution is 2.41. The largest absolute Gasteiger partial charge is 0.420 e. The highest BCUT2D eigenvalue weighted by molar-refractivity contribution is 6.48. The van der Waals surface area contributed by atoms with E-state index in [2.05, 4.69) is 33.9 Å². The van der Waals surface area contributed by atoms with E-state index in [1.807, 2.05) is 0 Å². The summed E-state index contributed by atoms with van der Waals surface area (Å²) in [5, 5.41) is 9.23. The maximum atomic E-state index is 9.23. The fourth-order valence-electron chi connectivity index (χ4n) is 3.16. The molecule has 1 rings (SSSR count). The molecule has 1 atom stereocenters. The van der Waals surface area contributed by atoms with Crippen LogP contribution < -0.4 is 0 Å². The van der Waals surface area contributed by atoms with Crippen LogP contribution in [-0.4, -0.2) is 27.4 Å². The van der Waals surface area contributed by atoms with Gasteiger partial charge in [-0.3, -0.25) is 0 Å². The van der Waals surface area contributed by atoms with E-state index in [0.29, 0.717) is 23.9 Å². The first-order valence-corrected chi connectivity index (χ1v) is 10.3. The molecule has 0 saturated heterocycles. The Hall–Kier alpha value is 0.137. The molecule has 1 N–H and O–H groups in total. The minimum Gasteiger partial charge on any atom is -0.420 e. The molecule has 3 heteroatoms. The van der Waals surface area contributed by atoms with Crippen molar-refractivity contribution < 1.29 is 9.53 Å². The van der Waals surface area contributed by atoms with Gasteiger partial charge in [-0.1, -0.05) is 20.8 Å². The van der Waals surface area contributed by atoms with Gasteiger partial charge >= 0.3 is 0 Å². The lowest BCUT2D eigenvalue weighted by molar-refractivity contribution is 0.0526. The topological polar surface area (TPSA) is 29.5 Å². The van der Waals surface area contributed by atoms with Gasteiger partial charge in [-0.25, -0.2) is 0 Å². The molecular weight excluding hydrogens is 240 g/mol. The van der Waals surface area contributed by atoms with Crippen LogP contribution in [0, 0.1) is 23.2 Å². The predicted octanol–water partition coefficient (Wildman–Crippen LogP) is 3.45. The van der Waals surface area contributed by atoms with Gasteiger partial charge in [0.15, 0.2) is 9.04 Å². The van der Waals surface area contributed by atoms with Gasteiger partial charge in [0.25, 0.3) is 0 Å². The van der Waals surface area contributed by atoms with E-state index in [0.717, 1.165) is 12.5 Å². The summed E-state index contributed by atoms with van der Waals surface area (Å²) in [6.45, 7) is 12.9. The summed E-state index contributed by atoms with van der Waals surface area (Å²) in [5.74, 6) is 2.02. The molecule has 0 aliphatic heterocycles. The zero-order valence-corrected chi connectivity index (χ0v) is 14.1. The van der Waals surface area contributed by atoms with Crippen LogP contribution in [0.4, 0.5) is 0 Å². The molecule has 1 aliphatic rings. The molecule has 108 valence electrons. The Kier molecular flexibility index (Phi) is 6.35. The number of aliphatic hydroxyl groups is 1. The van der Waals surface area contributed by atoms with Crippen molar-refractivity contribution in [2.75, 3.05) is 13.2 Å². The third-order valence-corrected chi connectivity index (χ3v) is 5.30. The van der Waals surface area contributed by atoms with Crippen molar-refractivity contribution in [3.8, 4) is 0 Å². The van der Waals surface area contributed by atoms with Crippen LogP contribution in [0.25, 0.3) is 0 Å². The van der Waals surface area contributed by atoms with Gasteiger partial charge in [-0.2, -0.15) is 0 Å². The smallest absolute Gasteiger partial charge is 0.170 e. The first-order chi connectivity index (χ1) is 8.34. The van der Waals surface area contributed by atoms with E-state index in [-0.39, 0.29) is 0 Å². The second kappa shape index (κ2) is 7.06. The van der Waals surface area contributed by atoms with Crippen LogP contribution >= 0.6 is 0 Å². The SMILES string of the molecule is C[SiH](C)OCC([C@H]1CC[C@H](CO)CC1)C(C)(C)C. The summed E-state index contributed by atoms with van der Waals surface area (Å²) in [6, 6.07) is 0. The molecule has 0 spiro atoms. The summed E-state index contributed by atoms with van der Waals surface area (Å²) in [5.41, 5.74) is 0.333. The van der Waals surface area contributed by atoms with E-state index in [9.17, 15) is 5.11 Å². The van der Waals surface area contributed by atoms with E-state index in [1.54, 1.807) is 0 Å². The molecule has 0 aromatic carbocycles. The van der Waals surface area contributed by atoms with E-state index < -0.39 is 9.04 Å². The van der Waals surface area contributed by atoms with Crippen LogP contribution in [0.2, 0.25) is 13.1 Å². The monoisotopic (exact) mass is 272 g/mol. The first-order valence-electron chi connectivity index (χ1n) is 7.57. The zero-order chi connectivity index (χ0) is 13.8. The first kappa shape index (κ1) is 16.2. The Morgan fingerprint density at radius 2 is 1.72 bits per heavy atom. The second-order valence-corrected chi connectivity index (χ2v) is 9.75. The molecule has 0 aromatic heterocycles. The molecule has 0 aromatic rings. The Balaban J connectivity index is 2.55. The van der Waals surface area contributed by atoms with Crippen molar-refractivity contribution in [2.24, 2.45) is 23.2 Å². The lowest BCUT2D eigenvalue weighted by atomic mass is 9.67. The molecule has 1 aliphatic carbocycles. The van der Waals surface area contributed by atoms with Gasteiger partial charge in [0.2, 0.25) is 0 Å². The highest BCUT2D eigenvalue weighted by Gasteiger charge is 2.34. The molecular formula is C15H32O2Si. The van der Waals surface area contributed by atoms with Gasteiger partial charge < -0.3 is 9.53 Å². The van der Waals surface area contributed by atoms with Crippen LogP contribution in [0.1, 0.15) is 46.5 Å². The fraction of sp³-hybridized carbons (Fsp3) is 1.00. The quantitative estimate of drug-likeness (QED) is 0.777. The molecule has 0 bridgehead atoms. The van der Waals surface area contributed by atoms with Crippen molar-refractivity contribution in [3.63, 3.8) is 0 Å². The molecule has 18 heavy (non-hydrogen) atoms. The Morgan fingerprint density at radius 1 is 1.17 bits per heavy atom. The minimum absolute atomic E-state index is 0.333. The average Bonchev–Trinajstić information content (AvgIpc) is 2.28. The van der Waals surface area contributed by atoms with Gasteiger partial charge in [0.05, 0.1) is 0 Å². The van der Waals surface area contributed by atoms with E-state index in [4.69, 9.17) is 4.43 Å². The molecule has 0 amide bonds. The summed E-state index contributed by atoms with van der Waals surface area (Å²) in [4.78, 5) is 0. The highest BCUT2D eigenvalue weighted by atomic mass is 28.3. The third kappa shape index (κ3) is 5.02. The number of aliphatic hydroxyl groups excluding tert-OH is 1. The summed E-state index contributed by atoms with van der Waals surface area (Å²) < 4.78 is 6.03. The maximum Gasteiger partial charge on any atom is 0.170 e. The lowest BCUT2D eigenvalue weighted by Gasteiger charge is -2.40. The standard InChI is InChI=1S/C15H32O2Si/c1-15(2,3)14(11-17-18(4)5)13-8-6-12(10-16)7-9-13/h12-14,16,18H,6-11H2,1-5H3/t12-,13-,14?. The fourth-order valence-corrected chi connectivity index (χ4v) is 3.75. The van der Waals surface area contributed by atoms with E-state index in [1.165, 1.54) is 25.7 Å². The molecule has 0 heterocycles. The Labute approximate surface area is 115 Å². The van der Waals surface area contributed by atoms with Crippen molar-refractivity contribution in [1.82, 2.24) is 0 Å². The minimum atomic E-state index is -0.911. The van der Waals surface area contributed by atoms with E-state index >= 15 is 0 Å². The van der Waals surface area contributed by atoms with Crippen LogP contribution in [0.3, 0.4) is 0 Å². The van der Waals surface area contributed by atoms with Crippen molar-refractivity contribution in [2.45, 2.75) is 59.5 Å². The summed E-state index contributed by atoms with van der Waals surface area (Å²) in [6.07, 6.45) is 4.95. The average molecular weight is 273 g/mol.